The average molecular weight is 358 g/mol. The number of benzene rings is 1. The van der Waals surface area contributed by atoms with Gasteiger partial charge >= 0.3 is 0 Å². The zero-order chi connectivity index (χ0) is 18.2. The molecule has 0 aliphatic carbocycles. The molecule has 1 N–H and O–H groups in total. The van der Waals surface area contributed by atoms with E-state index >= 15 is 0 Å². The van der Waals surface area contributed by atoms with Crippen LogP contribution in [0.5, 0.6) is 0 Å². The molecule has 0 aliphatic heterocycles. The third kappa shape index (κ3) is 3.26. The van der Waals surface area contributed by atoms with Gasteiger partial charge in [0.2, 0.25) is 10.0 Å². The van der Waals surface area contributed by atoms with Crippen LogP contribution in [0.15, 0.2) is 53.6 Å². The summed E-state index contributed by atoms with van der Waals surface area (Å²) in [6.45, 7) is 1.93. The first-order valence-corrected chi connectivity index (χ1v) is 9.02. The van der Waals surface area contributed by atoms with E-state index in [4.69, 9.17) is 0 Å². The molecule has 0 atom stereocenters. The molecule has 2 aromatic heterocycles. The van der Waals surface area contributed by atoms with Gasteiger partial charge in [0, 0.05) is 31.7 Å². The Kier molecular flexibility index (Phi) is 4.32. The van der Waals surface area contributed by atoms with Crippen molar-refractivity contribution in [3.63, 3.8) is 0 Å². The molecule has 25 heavy (non-hydrogen) atoms. The minimum atomic E-state index is -3.49. The number of aromatic nitrogens is 2. The van der Waals surface area contributed by atoms with Crippen LogP contribution in [0.2, 0.25) is 0 Å². The van der Waals surface area contributed by atoms with E-state index in [0.29, 0.717) is 17.0 Å². The summed E-state index contributed by atoms with van der Waals surface area (Å²) in [6.07, 6.45) is 1.67. The number of sulfonamides is 1. The van der Waals surface area contributed by atoms with Crippen molar-refractivity contribution in [3.8, 4) is 0 Å². The molecule has 8 heteroatoms. The number of pyridine rings is 1. The Balaban J connectivity index is 1.82. The van der Waals surface area contributed by atoms with Crippen LogP contribution in [0.25, 0.3) is 5.65 Å². The Morgan fingerprint density at radius 3 is 2.40 bits per heavy atom. The molecule has 0 spiro atoms. The fourth-order valence-corrected chi connectivity index (χ4v) is 3.28. The second-order valence-corrected chi connectivity index (χ2v) is 7.94. The number of aryl methyl sites for hydroxylation is 1. The van der Waals surface area contributed by atoms with Gasteiger partial charge in [0.05, 0.1) is 4.90 Å². The average Bonchev–Trinajstić information content (AvgIpc) is 3.01. The lowest BCUT2D eigenvalue weighted by molar-refractivity contribution is 0.102. The number of rotatable bonds is 4. The Morgan fingerprint density at radius 2 is 1.80 bits per heavy atom. The van der Waals surface area contributed by atoms with E-state index in [1.165, 1.54) is 26.2 Å². The number of nitrogens with zero attached hydrogens (tertiary/aromatic N) is 3. The minimum Gasteiger partial charge on any atom is -0.321 e. The fourth-order valence-electron chi connectivity index (χ4n) is 2.37. The molecule has 130 valence electrons. The van der Waals surface area contributed by atoms with E-state index in [1.807, 2.05) is 29.5 Å². The van der Waals surface area contributed by atoms with Crippen LogP contribution in [-0.2, 0) is 10.0 Å². The maximum atomic E-state index is 12.4. The van der Waals surface area contributed by atoms with Gasteiger partial charge in [0.25, 0.3) is 5.91 Å². The number of imidazole rings is 1. The lowest BCUT2D eigenvalue weighted by Crippen LogP contribution is -2.22. The van der Waals surface area contributed by atoms with E-state index < -0.39 is 10.0 Å². The predicted octanol–water partition coefficient (Wildman–Crippen LogP) is 2.15. The SMILES string of the molecule is Cc1cccc2nc(C(=O)Nc3ccc(S(=O)(=O)N(C)C)cc3)cn12. The minimum absolute atomic E-state index is 0.166. The van der Waals surface area contributed by atoms with E-state index in [-0.39, 0.29) is 10.8 Å². The third-order valence-electron chi connectivity index (χ3n) is 3.82. The molecule has 1 amide bonds. The zero-order valence-electron chi connectivity index (χ0n) is 14.1. The molecule has 0 bridgehead atoms. The van der Waals surface area contributed by atoms with Crippen LogP contribution in [0.4, 0.5) is 5.69 Å². The molecule has 0 saturated heterocycles. The molecular formula is C17H18N4O3S. The number of nitrogens with one attached hydrogen (secondary N) is 1. The Labute approximate surface area is 146 Å². The number of hydrogen-bond donors (Lipinski definition) is 1. The molecule has 3 aromatic rings. The van der Waals surface area contributed by atoms with Gasteiger partial charge in [0.1, 0.15) is 11.3 Å². The van der Waals surface area contributed by atoms with Gasteiger partial charge in [-0.2, -0.15) is 0 Å². The number of amides is 1. The fraction of sp³-hybridized carbons (Fsp3) is 0.176. The molecule has 0 aliphatic rings. The topological polar surface area (TPSA) is 83.8 Å². The largest absolute Gasteiger partial charge is 0.321 e. The summed E-state index contributed by atoms with van der Waals surface area (Å²) in [4.78, 5) is 16.8. The first-order chi connectivity index (χ1) is 11.8. The quantitative estimate of drug-likeness (QED) is 0.774. The van der Waals surface area contributed by atoms with Crippen molar-refractivity contribution in [2.75, 3.05) is 19.4 Å². The highest BCUT2D eigenvalue weighted by molar-refractivity contribution is 7.89. The maximum absolute atomic E-state index is 12.4. The van der Waals surface area contributed by atoms with E-state index in [9.17, 15) is 13.2 Å². The first-order valence-electron chi connectivity index (χ1n) is 7.58. The molecular weight excluding hydrogens is 340 g/mol. The van der Waals surface area contributed by atoms with Gasteiger partial charge < -0.3 is 9.72 Å². The molecule has 3 rings (SSSR count). The summed E-state index contributed by atoms with van der Waals surface area (Å²) in [7, 11) is -0.554. The molecule has 0 radical (unpaired) electrons. The van der Waals surface area contributed by atoms with Crippen LogP contribution >= 0.6 is 0 Å². The van der Waals surface area contributed by atoms with Gasteiger partial charge in [0.15, 0.2) is 0 Å². The predicted molar refractivity (Wildman–Crippen MR) is 95.2 cm³/mol. The van der Waals surface area contributed by atoms with Crippen molar-refractivity contribution in [1.29, 1.82) is 0 Å². The summed E-state index contributed by atoms with van der Waals surface area (Å²) >= 11 is 0. The van der Waals surface area contributed by atoms with Crippen molar-refractivity contribution < 1.29 is 13.2 Å². The van der Waals surface area contributed by atoms with E-state index in [2.05, 4.69) is 10.3 Å². The monoisotopic (exact) mass is 358 g/mol. The van der Waals surface area contributed by atoms with Crippen molar-refractivity contribution >= 4 is 27.3 Å². The smallest absolute Gasteiger partial charge is 0.275 e. The third-order valence-corrected chi connectivity index (χ3v) is 5.65. The number of hydrogen-bond acceptors (Lipinski definition) is 4. The number of fused-ring (bicyclic) bond motifs is 1. The van der Waals surface area contributed by atoms with Crippen molar-refractivity contribution in [3.05, 3.63) is 60.0 Å². The summed E-state index contributed by atoms with van der Waals surface area (Å²) in [5.41, 5.74) is 2.45. The second kappa shape index (κ2) is 6.30. The Hall–Kier alpha value is -2.71. The van der Waals surface area contributed by atoms with Crippen LogP contribution in [0, 0.1) is 6.92 Å². The lowest BCUT2D eigenvalue weighted by atomic mass is 10.3. The van der Waals surface area contributed by atoms with E-state index in [1.54, 1.807) is 18.3 Å². The van der Waals surface area contributed by atoms with Crippen LogP contribution in [0.1, 0.15) is 16.2 Å². The molecule has 7 nitrogen and oxygen atoms in total. The number of carbonyl (C=O) groups is 1. The Morgan fingerprint density at radius 1 is 1.12 bits per heavy atom. The van der Waals surface area contributed by atoms with Crippen molar-refractivity contribution in [2.24, 2.45) is 0 Å². The molecule has 1 aromatic carbocycles. The van der Waals surface area contributed by atoms with Crippen LogP contribution < -0.4 is 5.32 Å². The van der Waals surface area contributed by atoms with Crippen molar-refractivity contribution in [1.82, 2.24) is 13.7 Å². The van der Waals surface area contributed by atoms with Crippen molar-refractivity contribution in [2.45, 2.75) is 11.8 Å². The summed E-state index contributed by atoms with van der Waals surface area (Å²) < 4.78 is 27.1. The second-order valence-electron chi connectivity index (χ2n) is 5.79. The van der Waals surface area contributed by atoms with Gasteiger partial charge in [-0.1, -0.05) is 6.07 Å². The Bertz CT molecular complexity index is 1040. The standard InChI is InChI=1S/C17H18N4O3S/c1-12-5-4-6-16-19-15(11-21(12)16)17(22)18-13-7-9-14(10-8-13)25(23,24)20(2)3/h4-11H,1-3H3,(H,18,22). The van der Waals surface area contributed by atoms with Gasteiger partial charge in [-0.15, -0.1) is 0 Å². The van der Waals surface area contributed by atoms with Gasteiger partial charge in [-0.25, -0.2) is 17.7 Å². The highest BCUT2D eigenvalue weighted by Crippen LogP contribution is 2.17. The van der Waals surface area contributed by atoms with Gasteiger partial charge in [-0.05, 0) is 43.3 Å². The molecule has 2 heterocycles. The van der Waals surface area contributed by atoms with Crippen LogP contribution in [-0.4, -0.2) is 42.1 Å². The molecule has 0 fully saturated rings. The number of carbonyl (C=O) groups excluding carboxylic acids is 1. The highest BCUT2D eigenvalue weighted by atomic mass is 32.2. The highest BCUT2D eigenvalue weighted by Gasteiger charge is 2.17. The van der Waals surface area contributed by atoms with Crippen LogP contribution in [0.3, 0.4) is 0 Å². The summed E-state index contributed by atoms with van der Waals surface area (Å²) in [5.74, 6) is -0.355. The lowest BCUT2D eigenvalue weighted by Gasteiger charge is -2.11. The van der Waals surface area contributed by atoms with E-state index in [0.717, 1.165) is 10.00 Å². The zero-order valence-corrected chi connectivity index (χ0v) is 14.9. The molecule has 0 saturated carbocycles. The first kappa shape index (κ1) is 17.1. The van der Waals surface area contributed by atoms with Gasteiger partial charge in [-0.3, -0.25) is 4.79 Å². The number of anilines is 1. The normalized spacial score (nSPS) is 11.8. The molecule has 0 unspecified atom stereocenters. The maximum Gasteiger partial charge on any atom is 0.275 e. The summed E-state index contributed by atoms with van der Waals surface area (Å²) in [6, 6.07) is 11.6. The summed E-state index contributed by atoms with van der Waals surface area (Å²) in [5, 5.41) is 2.72.